The third-order valence-electron chi connectivity index (χ3n) is 4.20. The predicted octanol–water partition coefficient (Wildman–Crippen LogP) is 2.66. The van der Waals surface area contributed by atoms with Crippen molar-refractivity contribution < 1.29 is 14.3 Å². The van der Waals surface area contributed by atoms with E-state index in [-0.39, 0.29) is 6.54 Å². The number of carbonyl (C=O) groups is 1. The lowest BCUT2D eigenvalue weighted by atomic mass is 10.1. The molecule has 1 amide bonds. The number of hydrogen-bond donors (Lipinski definition) is 1. The van der Waals surface area contributed by atoms with Crippen LogP contribution in [0.2, 0.25) is 0 Å². The number of rotatable bonds is 5. The smallest absolute Gasteiger partial charge is 0.279 e. The van der Waals surface area contributed by atoms with Gasteiger partial charge in [-0.3, -0.25) is 9.59 Å². The van der Waals surface area contributed by atoms with Crippen LogP contribution >= 0.6 is 11.3 Å². The lowest BCUT2D eigenvalue weighted by molar-refractivity contribution is -0.117. The summed E-state index contributed by atoms with van der Waals surface area (Å²) in [7, 11) is 2.95. The Morgan fingerprint density at radius 1 is 1.18 bits per heavy atom. The van der Waals surface area contributed by atoms with Crippen molar-refractivity contribution in [1.82, 2.24) is 14.8 Å². The summed E-state index contributed by atoms with van der Waals surface area (Å²) in [5.74, 6) is 0.353. The molecule has 0 radical (unpaired) electrons. The molecule has 4 aromatic rings. The molecule has 0 unspecified atom stereocenters. The summed E-state index contributed by atoms with van der Waals surface area (Å²) in [4.78, 5) is 29.7. The van der Waals surface area contributed by atoms with Gasteiger partial charge < -0.3 is 14.8 Å². The maximum Gasteiger partial charge on any atom is 0.279 e. The first-order valence-electron chi connectivity index (χ1n) is 8.37. The molecule has 142 valence electrons. The summed E-state index contributed by atoms with van der Waals surface area (Å²) >= 11 is 1.37. The van der Waals surface area contributed by atoms with Crippen LogP contribution in [0.25, 0.3) is 21.0 Å². The van der Waals surface area contributed by atoms with Gasteiger partial charge in [0.1, 0.15) is 6.54 Å². The van der Waals surface area contributed by atoms with Crippen LogP contribution in [0.4, 0.5) is 5.13 Å². The van der Waals surface area contributed by atoms with Gasteiger partial charge in [-0.2, -0.15) is 5.10 Å². The Hall–Kier alpha value is -3.46. The van der Waals surface area contributed by atoms with Crippen molar-refractivity contribution in [3.63, 3.8) is 0 Å². The summed E-state index contributed by atoms with van der Waals surface area (Å²) in [6, 6.07) is 11.0. The second-order valence-electron chi connectivity index (χ2n) is 5.91. The molecule has 1 N–H and O–H groups in total. The molecular formula is C19H16N4O4S. The van der Waals surface area contributed by atoms with E-state index < -0.39 is 11.5 Å². The quantitative estimate of drug-likeness (QED) is 0.557. The number of nitrogens with one attached hydrogen (secondary N) is 1. The van der Waals surface area contributed by atoms with Crippen LogP contribution in [0.5, 0.6) is 11.5 Å². The number of hydrogen-bond acceptors (Lipinski definition) is 7. The van der Waals surface area contributed by atoms with Gasteiger partial charge in [0.25, 0.3) is 5.56 Å². The summed E-state index contributed by atoms with van der Waals surface area (Å²) in [6.45, 7) is -0.245. The zero-order valence-electron chi connectivity index (χ0n) is 15.1. The number of methoxy groups -OCH3 is 2. The van der Waals surface area contributed by atoms with Gasteiger partial charge in [0.05, 0.1) is 36.0 Å². The summed E-state index contributed by atoms with van der Waals surface area (Å²) in [5, 5.41) is 8.19. The third kappa shape index (κ3) is 3.16. The number of anilines is 1. The van der Waals surface area contributed by atoms with Crippen LogP contribution in [-0.4, -0.2) is 34.9 Å². The number of carbonyl (C=O) groups excluding carboxylic acids is 1. The number of para-hydroxylation sites is 1. The molecule has 0 aliphatic rings. The first-order valence-corrected chi connectivity index (χ1v) is 9.18. The van der Waals surface area contributed by atoms with Gasteiger partial charge in [-0.15, -0.1) is 0 Å². The van der Waals surface area contributed by atoms with Crippen molar-refractivity contribution in [2.24, 2.45) is 0 Å². The highest BCUT2D eigenvalue weighted by Crippen LogP contribution is 2.32. The molecule has 0 aliphatic carbocycles. The monoisotopic (exact) mass is 396 g/mol. The molecule has 2 aromatic heterocycles. The lowest BCUT2D eigenvalue weighted by Crippen LogP contribution is -2.29. The van der Waals surface area contributed by atoms with E-state index in [2.05, 4.69) is 15.4 Å². The normalized spacial score (nSPS) is 10.9. The highest BCUT2D eigenvalue weighted by atomic mass is 32.1. The number of thiazole rings is 1. The van der Waals surface area contributed by atoms with E-state index in [1.807, 2.05) is 24.3 Å². The highest BCUT2D eigenvalue weighted by Gasteiger charge is 2.16. The fourth-order valence-corrected chi connectivity index (χ4v) is 3.80. The molecular weight excluding hydrogens is 380 g/mol. The molecule has 0 saturated heterocycles. The van der Waals surface area contributed by atoms with Gasteiger partial charge in [-0.25, -0.2) is 9.67 Å². The minimum atomic E-state index is -0.437. The Bertz CT molecular complexity index is 1210. The molecule has 0 atom stereocenters. The summed E-state index contributed by atoms with van der Waals surface area (Å²) in [5.41, 5.74) is 0.369. The van der Waals surface area contributed by atoms with Crippen LogP contribution in [0.3, 0.4) is 0 Å². The molecule has 2 heterocycles. The molecule has 0 aliphatic heterocycles. The minimum Gasteiger partial charge on any atom is -0.493 e. The van der Waals surface area contributed by atoms with Gasteiger partial charge in [-0.1, -0.05) is 23.5 Å². The summed E-state index contributed by atoms with van der Waals surface area (Å²) in [6.07, 6.45) is 1.52. The van der Waals surface area contributed by atoms with Crippen LogP contribution in [-0.2, 0) is 11.3 Å². The Morgan fingerprint density at radius 3 is 2.75 bits per heavy atom. The van der Waals surface area contributed by atoms with Gasteiger partial charge in [0.2, 0.25) is 5.91 Å². The van der Waals surface area contributed by atoms with E-state index in [0.717, 1.165) is 14.9 Å². The fourth-order valence-electron chi connectivity index (χ4n) is 2.92. The van der Waals surface area contributed by atoms with Crippen molar-refractivity contribution >= 4 is 43.4 Å². The van der Waals surface area contributed by atoms with Crippen molar-refractivity contribution in [2.75, 3.05) is 19.5 Å². The van der Waals surface area contributed by atoms with Gasteiger partial charge in [0, 0.05) is 5.39 Å². The Labute approximate surface area is 163 Å². The molecule has 9 heteroatoms. The van der Waals surface area contributed by atoms with Gasteiger partial charge >= 0.3 is 0 Å². The molecule has 0 saturated carbocycles. The predicted molar refractivity (Wildman–Crippen MR) is 107 cm³/mol. The zero-order valence-corrected chi connectivity index (χ0v) is 15.9. The molecule has 0 fully saturated rings. The van der Waals surface area contributed by atoms with Crippen molar-refractivity contribution in [1.29, 1.82) is 0 Å². The standard InChI is InChI=1S/C19H16N4O4S/c1-26-13-8-7-11-9-20-23(18(25)16(11)17(13)27-2)10-15(24)22-19-21-12-5-3-4-6-14(12)28-19/h3-9H,10H2,1-2H3,(H,21,22,24). The fraction of sp³-hybridized carbons (Fsp3) is 0.158. The SMILES string of the molecule is COc1ccc2cnn(CC(=O)Nc3nc4ccccc4s3)c(=O)c2c1OC. The largest absolute Gasteiger partial charge is 0.493 e. The molecule has 28 heavy (non-hydrogen) atoms. The lowest BCUT2D eigenvalue weighted by Gasteiger charge is -2.11. The first-order chi connectivity index (χ1) is 13.6. The number of benzene rings is 2. The van der Waals surface area contributed by atoms with E-state index >= 15 is 0 Å². The van der Waals surface area contributed by atoms with E-state index in [0.29, 0.717) is 27.4 Å². The van der Waals surface area contributed by atoms with Crippen molar-refractivity contribution in [3.05, 3.63) is 52.9 Å². The van der Waals surface area contributed by atoms with Crippen LogP contribution in [0, 0.1) is 0 Å². The van der Waals surface area contributed by atoms with Crippen molar-refractivity contribution in [2.45, 2.75) is 6.54 Å². The maximum absolute atomic E-state index is 12.9. The summed E-state index contributed by atoms with van der Waals surface area (Å²) < 4.78 is 12.7. The molecule has 0 spiro atoms. The maximum atomic E-state index is 12.9. The Kier molecular flexibility index (Phi) is 4.66. The molecule has 4 rings (SSSR count). The number of aromatic nitrogens is 3. The van der Waals surface area contributed by atoms with Gasteiger partial charge in [-0.05, 0) is 24.3 Å². The zero-order chi connectivity index (χ0) is 19.7. The van der Waals surface area contributed by atoms with E-state index in [9.17, 15) is 9.59 Å². The average Bonchev–Trinajstić information content (AvgIpc) is 3.11. The van der Waals surface area contributed by atoms with Crippen molar-refractivity contribution in [3.8, 4) is 11.5 Å². The second kappa shape index (κ2) is 7.28. The highest BCUT2D eigenvalue weighted by molar-refractivity contribution is 7.22. The number of amides is 1. The number of nitrogens with zero attached hydrogens (tertiary/aromatic N) is 3. The molecule has 0 bridgehead atoms. The van der Waals surface area contributed by atoms with E-state index in [4.69, 9.17) is 9.47 Å². The minimum absolute atomic E-state index is 0.245. The third-order valence-corrected chi connectivity index (χ3v) is 5.15. The molecule has 8 nitrogen and oxygen atoms in total. The van der Waals surface area contributed by atoms with Crippen LogP contribution in [0.15, 0.2) is 47.4 Å². The van der Waals surface area contributed by atoms with Crippen LogP contribution in [0.1, 0.15) is 0 Å². The number of ether oxygens (including phenoxy) is 2. The molecule has 2 aromatic carbocycles. The van der Waals surface area contributed by atoms with E-state index in [1.165, 1.54) is 31.8 Å². The first kappa shape index (κ1) is 17.9. The van der Waals surface area contributed by atoms with E-state index in [1.54, 1.807) is 12.1 Å². The Balaban J connectivity index is 1.64. The Morgan fingerprint density at radius 2 is 2.00 bits per heavy atom. The second-order valence-corrected chi connectivity index (χ2v) is 6.94. The topological polar surface area (TPSA) is 95.3 Å². The average molecular weight is 396 g/mol. The van der Waals surface area contributed by atoms with Gasteiger partial charge in [0.15, 0.2) is 16.6 Å². The number of fused-ring (bicyclic) bond motifs is 2. The van der Waals surface area contributed by atoms with Crippen LogP contribution < -0.4 is 20.3 Å².